The summed E-state index contributed by atoms with van der Waals surface area (Å²) in [6, 6.07) is 5.89. The van der Waals surface area contributed by atoms with Crippen LogP contribution in [0.1, 0.15) is 18.1 Å². The van der Waals surface area contributed by atoms with Crippen molar-refractivity contribution in [3.8, 4) is 0 Å². The van der Waals surface area contributed by atoms with Gasteiger partial charge in [-0.05, 0) is 24.1 Å². The Labute approximate surface area is 114 Å². The van der Waals surface area contributed by atoms with E-state index in [1.807, 2.05) is 0 Å². The van der Waals surface area contributed by atoms with Crippen molar-refractivity contribution >= 4 is 27.3 Å². The van der Waals surface area contributed by atoms with Crippen LogP contribution in [0.4, 0.5) is 5.69 Å². The summed E-state index contributed by atoms with van der Waals surface area (Å²) in [4.78, 5) is 10.1. The molecule has 2 aliphatic heterocycles. The number of nitro benzene ring substituents is 1. The van der Waals surface area contributed by atoms with Gasteiger partial charge in [0, 0.05) is 23.6 Å². The van der Waals surface area contributed by atoms with Crippen LogP contribution in [0.3, 0.4) is 0 Å². The maximum Gasteiger partial charge on any atom is 0.269 e. The number of nitrogens with zero attached hydrogens (tertiary/aromatic N) is 1. The van der Waals surface area contributed by atoms with E-state index in [-0.39, 0.29) is 5.69 Å². The smallest absolute Gasteiger partial charge is 0.269 e. The largest absolute Gasteiger partial charge is 0.335 e. The van der Waals surface area contributed by atoms with Gasteiger partial charge >= 0.3 is 0 Å². The molecule has 19 heavy (non-hydrogen) atoms. The Bertz CT molecular complexity index is 569. The molecule has 8 heteroatoms. The van der Waals surface area contributed by atoms with E-state index < -0.39 is 36.9 Å². The van der Waals surface area contributed by atoms with Gasteiger partial charge < -0.3 is 4.74 Å². The van der Waals surface area contributed by atoms with Gasteiger partial charge in [0.25, 0.3) is 5.69 Å². The Hall–Kier alpha value is -1.12. The zero-order valence-electron chi connectivity index (χ0n) is 9.81. The van der Waals surface area contributed by atoms with Crippen molar-refractivity contribution in [3.05, 3.63) is 39.9 Å². The number of non-ortho nitro benzene ring substituents is 1. The first-order valence-corrected chi connectivity index (χ1v) is 8.38. The van der Waals surface area contributed by atoms with Crippen molar-refractivity contribution in [3.63, 3.8) is 0 Å². The van der Waals surface area contributed by atoms with Crippen LogP contribution < -0.4 is 0 Å². The zero-order valence-corrected chi connectivity index (χ0v) is 11.4. The van der Waals surface area contributed by atoms with E-state index in [4.69, 9.17) is 4.74 Å². The minimum absolute atomic E-state index is 0.00987. The fourth-order valence-corrected chi connectivity index (χ4v) is 6.28. The predicted molar refractivity (Wildman–Crippen MR) is 70.3 cm³/mol. The molecule has 3 rings (SSSR count). The van der Waals surface area contributed by atoms with Crippen LogP contribution in [0.2, 0.25) is 0 Å². The van der Waals surface area contributed by atoms with Gasteiger partial charge in [0.2, 0.25) is 4.27 Å². The molecule has 6 nitrogen and oxygen atoms in total. The number of benzene rings is 1. The topological polar surface area (TPSA) is 89.8 Å². The normalized spacial score (nSPS) is 37.2. The number of epoxide rings is 1. The summed E-state index contributed by atoms with van der Waals surface area (Å²) in [6.07, 6.45) is 0.201. The van der Waals surface area contributed by atoms with Gasteiger partial charge in [-0.3, -0.25) is 18.5 Å². The fourth-order valence-electron chi connectivity index (χ4n) is 2.23. The number of ether oxygens (including phenoxy) is 1. The second-order valence-corrected chi connectivity index (χ2v) is 8.07. The monoisotopic (exact) mass is 301 g/mol. The van der Waals surface area contributed by atoms with E-state index in [1.54, 1.807) is 12.1 Å². The Morgan fingerprint density at radius 3 is 2.32 bits per heavy atom. The van der Waals surface area contributed by atoms with Crippen LogP contribution in [0.25, 0.3) is 0 Å². The lowest BCUT2D eigenvalue weighted by molar-refractivity contribution is -0.384. The zero-order chi connectivity index (χ0) is 13.6. The highest BCUT2D eigenvalue weighted by Gasteiger charge is 2.67. The molecule has 0 aromatic heterocycles. The third kappa shape index (κ3) is 1.94. The quantitative estimate of drug-likeness (QED) is 0.465. The lowest BCUT2D eigenvalue weighted by Crippen LogP contribution is -2.34. The van der Waals surface area contributed by atoms with Crippen molar-refractivity contribution in [2.24, 2.45) is 0 Å². The van der Waals surface area contributed by atoms with Crippen LogP contribution in [0, 0.1) is 10.1 Å². The van der Waals surface area contributed by atoms with E-state index in [1.165, 1.54) is 12.1 Å². The number of hydrogen-bond donors (Lipinski definition) is 0. The van der Waals surface area contributed by atoms with E-state index in [2.05, 4.69) is 0 Å². The fraction of sp³-hybridized carbons (Fsp3) is 0.455. The van der Waals surface area contributed by atoms with Gasteiger partial charge in [0.15, 0.2) is 0 Å². The molecule has 1 spiro atoms. The van der Waals surface area contributed by atoms with Gasteiger partial charge in [-0.25, -0.2) is 0 Å². The van der Waals surface area contributed by atoms with E-state index in [9.17, 15) is 18.5 Å². The molecule has 2 aliphatic rings. The van der Waals surface area contributed by atoms with Crippen molar-refractivity contribution in [2.45, 2.75) is 16.8 Å². The third-order valence-corrected chi connectivity index (χ3v) is 7.57. The van der Waals surface area contributed by atoms with Gasteiger partial charge in [-0.2, -0.15) is 0 Å². The maximum absolute atomic E-state index is 12.0. The lowest BCUT2D eigenvalue weighted by Gasteiger charge is -2.17. The Morgan fingerprint density at radius 1 is 1.21 bits per heavy atom. The second-order valence-electron chi connectivity index (χ2n) is 4.40. The van der Waals surface area contributed by atoms with Gasteiger partial charge in [0.1, 0.15) is 6.10 Å². The molecule has 2 heterocycles. The summed E-state index contributed by atoms with van der Waals surface area (Å²) >= 11 is 0. The van der Waals surface area contributed by atoms with Crippen LogP contribution in [-0.2, 0) is 26.3 Å². The predicted octanol–water partition coefficient (Wildman–Crippen LogP) is 1.22. The molecule has 1 aromatic rings. The molecule has 0 saturated carbocycles. The van der Waals surface area contributed by atoms with Crippen LogP contribution in [0.5, 0.6) is 0 Å². The first kappa shape index (κ1) is 12.9. The number of hydrogen-bond acceptors (Lipinski definition) is 5. The minimum atomic E-state index is -1.27. The molecule has 0 radical (unpaired) electrons. The highest BCUT2D eigenvalue weighted by Crippen LogP contribution is 2.56. The summed E-state index contributed by atoms with van der Waals surface area (Å²) < 4.78 is 28.5. The van der Waals surface area contributed by atoms with Crippen LogP contribution >= 0.6 is 0 Å². The Morgan fingerprint density at radius 2 is 1.79 bits per heavy atom. The molecule has 1 aromatic carbocycles. The summed E-state index contributed by atoms with van der Waals surface area (Å²) in [5.41, 5.74) is 0.679. The Kier molecular flexibility index (Phi) is 3.03. The van der Waals surface area contributed by atoms with Crippen LogP contribution in [0.15, 0.2) is 24.3 Å². The molecule has 2 unspecified atom stereocenters. The highest BCUT2D eigenvalue weighted by atomic mass is 32.2. The van der Waals surface area contributed by atoms with Crippen molar-refractivity contribution in [1.82, 2.24) is 0 Å². The summed E-state index contributed by atoms with van der Waals surface area (Å²) in [7, 11) is -2.54. The average molecular weight is 301 g/mol. The molecular weight excluding hydrogens is 290 g/mol. The van der Waals surface area contributed by atoms with Crippen molar-refractivity contribution in [2.75, 3.05) is 11.5 Å². The number of nitro groups is 1. The molecule has 0 bridgehead atoms. The third-order valence-electron chi connectivity index (χ3n) is 3.25. The van der Waals surface area contributed by atoms with Gasteiger partial charge in [-0.1, -0.05) is 0 Å². The first-order valence-electron chi connectivity index (χ1n) is 5.75. The molecule has 2 fully saturated rings. The van der Waals surface area contributed by atoms with E-state index >= 15 is 0 Å². The number of rotatable bonds is 2. The lowest BCUT2D eigenvalue weighted by atomic mass is 10.1. The molecule has 102 valence electrons. The van der Waals surface area contributed by atoms with Crippen molar-refractivity contribution < 1.29 is 18.1 Å². The van der Waals surface area contributed by atoms with Gasteiger partial charge in [-0.15, -0.1) is 0 Å². The first-order chi connectivity index (χ1) is 9.05. The maximum atomic E-state index is 12.0. The SMILES string of the molecule is O=[N+]([O-])c1ccc([C@@H]2OC23S(=O)CCCS3=O)cc1. The highest BCUT2D eigenvalue weighted by molar-refractivity contribution is 8.05. The summed E-state index contributed by atoms with van der Waals surface area (Å²) in [5, 5.41) is 10.6. The molecular formula is C11H11NO5S2. The van der Waals surface area contributed by atoms with E-state index in [0.29, 0.717) is 23.5 Å². The Balaban J connectivity index is 1.87. The summed E-state index contributed by atoms with van der Waals surface area (Å²) in [5.74, 6) is 0.991. The molecule has 0 N–H and O–H groups in total. The summed E-state index contributed by atoms with van der Waals surface area (Å²) in [6.45, 7) is 0. The second kappa shape index (κ2) is 4.46. The molecule has 0 aliphatic carbocycles. The van der Waals surface area contributed by atoms with Crippen molar-refractivity contribution in [1.29, 1.82) is 0 Å². The molecule has 2 saturated heterocycles. The standard InChI is InChI=1S/C11H11NO5S2/c13-12(14)9-4-2-8(3-5-9)10-11(17-10)18(15)6-1-7-19(11)16/h2-5,10H,1,6-7H2/t10-,11?,18?,19?/m0/s1. The van der Waals surface area contributed by atoms with Crippen LogP contribution in [-0.4, -0.2) is 29.1 Å². The molecule has 0 amide bonds. The van der Waals surface area contributed by atoms with Gasteiger partial charge in [0.05, 0.1) is 26.5 Å². The minimum Gasteiger partial charge on any atom is -0.335 e. The average Bonchev–Trinajstić information content (AvgIpc) is 3.13. The molecule has 3 atom stereocenters. The van der Waals surface area contributed by atoms with E-state index in [0.717, 1.165) is 0 Å².